The van der Waals surface area contributed by atoms with Crippen LogP contribution in [0.4, 0.5) is 0 Å². The van der Waals surface area contributed by atoms with E-state index in [2.05, 4.69) is 20.6 Å². The van der Waals surface area contributed by atoms with Crippen LogP contribution in [-0.2, 0) is 52.8 Å². The molecular formula is C43H56N6O9. The molecule has 2 heterocycles. The Morgan fingerprint density at radius 3 is 2.14 bits per heavy atom. The van der Waals surface area contributed by atoms with Crippen molar-refractivity contribution in [3.8, 4) is 5.75 Å². The number of phenols is 1. The number of carbonyl (C=O) groups excluding carboxylic acids is 6. The van der Waals surface area contributed by atoms with Gasteiger partial charge in [-0.3, -0.25) is 28.8 Å². The van der Waals surface area contributed by atoms with E-state index in [0.717, 1.165) is 0 Å². The number of aliphatic carboxylic acids is 1. The lowest BCUT2D eigenvalue weighted by molar-refractivity contribution is -0.148. The van der Waals surface area contributed by atoms with E-state index in [-0.39, 0.29) is 68.4 Å². The van der Waals surface area contributed by atoms with Crippen molar-refractivity contribution in [1.29, 1.82) is 0 Å². The van der Waals surface area contributed by atoms with Gasteiger partial charge in [0, 0.05) is 50.0 Å². The summed E-state index contributed by atoms with van der Waals surface area (Å²) in [4.78, 5) is 103. The average molecular weight is 801 g/mol. The van der Waals surface area contributed by atoms with Gasteiger partial charge in [-0.25, -0.2) is 9.78 Å². The Hall–Kier alpha value is -5.70. The van der Waals surface area contributed by atoms with Gasteiger partial charge in [0.15, 0.2) is 11.6 Å². The van der Waals surface area contributed by atoms with E-state index >= 15 is 0 Å². The number of hydrogen-bond acceptors (Lipinski definition) is 10. The zero-order chi connectivity index (χ0) is 42.5. The topological polar surface area (TPSA) is 242 Å². The van der Waals surface area contributed by atoms with Gasteiger partial charge in [0.1, 0.15) is 17.8 Å². The van der Waals surface area contributed by atoms with E-state index in [1.54, 1.807) is 49.4 Å². The first-order valence-corrected chi connectivity index (χ1v) is 19.9. The highest BCUT2D eigenvalue weighted by Gasteiger charge is 2.42. The summed E-state index contributed by atoms with van der Waals surface area (Å²) in [7, 11) is 0. The van der Waals surface area contributed by atoms with Gasteiger partial charge in [0.2, 0.25) is 17.6 Å². The number of aromatic nitrogens is 2. The number of nitrogens with zero attached hydrogens (tertiary/aromatic N) is 2. The Morgan fingerprint density at radius 1 is 0.879 bits per heavy atom. The molecule has 7 N–H and O–H groups in total. The third kappa shape index (κ3) is 12.4. The predicted octanol–water partition coefficient (Wildman–Crippen LogP) is 2.94. The number of hydrogen-bond donors (Lipinski definition) is 6. The van der Waals surface area contributed by atoms with E-state index in [1.807, 2.05) is 20.8 Å². The Kier molecular flexibility index (Phi) is 16.4. The smallest absolute Gasteiger partial charge is 0.326 e. The van der Waals surface area contributed by atoms with Crippen LogP contribution in [-0.4, -0.2) is 96.8 Å². The van der Waals surface area contributed by atoms with Crippen LogP contribution in [0.2, 0.25) is 0 Å². The zero-order valence-corrected chi connectivity index (χ0v) is 33.6. The lowest BCUT2D eigenvalue weighted by atomic mass is 9.85. The molecule has 4 rings (SSSR count). The minimum absolute atomic E-state index is 0.0403. The van der Waals surface area contributed by atoms with E-state index in [1.165, 1.54) is 29.6 Å². The number of H-pyrrole nitrogens is 1. The van der Waals surface area contributed by atoms with E-state index in [9.17, 15) is 43.8 Å². The van der Waals surface area contributed by atoms with Gasteiger partial charge in [-0.05, 0) is 54.4 Å². The summed E-state index contributed by atoms with van der Waals surface area (Å²) in [6.45, 7) is 7.43. The number of likely N-dealkylation sites (tertiary alicyclic amines) is 1. The Labute approximate surface area is 338 Å². The van der Waals surface area contributed by atoms with Gasteiger partial charge in [-0.1, -0.05) is 76.6 Å². The normalized spacial score (nSPS) is 17.1. The highest BCUT2D eigenvalue weighted by Crippen LogP contribution is 2.26. The van der Waals surface area contributed by atoms with Crippen molar-refractivity contribution >= 4 is 41.0 Å². The number of nitrogens with one attached hydrogen (secondary N) is 3. The summed E-state index contributed by atoms with van der Waals surface area (Å²) in [6.07, 6.45) is 3.65. The molecule has 7 unspecified atom stereocenters. The summed E-state index contributed by atoms with van der Waals surface area (Å²) in [6, 6.07) is 10.5. The minimum Gasteiger partial charge on any atom is -0.508 e. The van der Waals surface area contributed by atoms with Crippen LogP contribution in [0.1, 0.15) is 76.6 Å². The molecule has 15 nitrogen and oxygen atoms in total. The number of imidazole rings is 1. The van der Waals surface area contributed by atoms with Crippen molar-refractivity contribution in [2.24, 2.45) is 29.4 Å². The summed E-state index contributed by atoms with van der Waals surface area (Å²) >= 11 is 0. The van der Waals surface area contributed by atoms with Crippen LogP contribution in [0.3, 0.4) is 0 Å². The first kappa shape index (κ1) is 45.0. The number of aromatic amines is 1. The van der Waals surface area contributed by atoms with Crippen molar-refractivity contribution in [1.82, 2.24) is 25.5 Å². The number of carboxylic acids is 1. The van der Waals surface area contributed by atoms with E-state index in [0.29, 0.717) is 29.7 Å². The summed E-state index contributed by atoms with van der Waals surface area (Å²) in [5.74, 6) is -7.59. The molecule has 3 amide bonds. The van der Waals surface area contributed by atoms with Gasteiger partial charge in [0.05, 0.1) is 24.3 Å². The van der Waals surface area contributed by atoms with Gasteiger partial charge in [-0.15, -0.1) is 0 Å². The molecule has 0 spiro atoms. The molecule has 312 valence electrons. The first-order chi connectivity index (χ1) is 27.6. The van der Waals surface area contributed by atoms with Gasteiger partial charge < -0.3 is 36.5 Å². The quantitative estimate of drug-likeness (QED) is 0.0808. The maximum absolute atomic E-state index is 14.4. The second-order valence-electron chi connectivity index (χ2n) is 15.6. The summed E-state index contributed by atoms with van der Waals surface area (Å²) in [5.41, 5.74) is 8.05. The number of aromatic hydroxyl groups is 1. The molecule has 0 saturated carbocycles. The van der Waals surface area contributed by atoms with Crippen molar-refractivity contribution in [3.63, 3.8) is 0 Å². The van der Waals surface area contributed by atoms with Gasteiger partial charge in [-0.2, -0.15) is 0 Å². The predicted molar refractivity (Wildman–Crippen MR) is 214 cm³/mol. The maximum Gasteiger partial charge on any atom is 0.326 e. The molecule has 0 bridgehead atoms. The lowest BCUT2D eigenvalue weighted by Crippen LogP contribution is -2.53. The third-order valence-corrected chi connectivity index (χ3v) is 11.0. The minimum atomic E-state index is -1.38. The van der Waals surface area contributed by atoms with Crippen molar-refractivity contribution in [2.45, 2.75) is 103 Å². The second kappa shape index (κ2) is 21.2. The molecule has 7 atom stereocenters. The molecule has 3 aromatic rings. The van der Waals surface area contributed by atoms with E-state index < -0.39 is 71.3 Å². The van der Waals surface area contributed by atoms with E-state index in [4.69, 9.17) is 5.73 Å². The number of carbonyl (C=O) groups is 7. The van der Waals surface area contributed by atoms with Crippen LogP contribution in [0, 0.1) is 23.7 Å². The molecule has 1 fully saturated rings. The summed E-state index contributed by atoms with van der Waals surface area (Å²) in [5, 5.41) is 24.8. The van der Waals surface area contributed by atoms with Crippen molar-refractivity contribution in [3.05, 3.63) is 83.9 Å². The third-order valence-electron chi connectivity index (χ3n) is 11.0. The highest BCUT2D eigenvalue weighted by atomic mass is 16.4. The number of ketones is 3. The lowest BCUT2D eigenvalue weighted by Gasteiger charge is -2.30. The van der Waals surface area contributed by atoms with Gasteiger partial charge in [0.25, 0.3) is 5.91 Å². The van der Waals surface area contributed by atoms with Crippen LogP contribution >= 0.6 is 0 Å². The average Bonchev–Trinajstić information content (AvgIpc) is 3.92. The Balaban J connectivity index is 1.54. The molecule has 1 aliphatic heterocycles. The number of amides is 3. The number of benzene rings is 2. The molecule has 1 saturated heterocycles. The molecule has 0 aliphatic carbocycles. The summed E-state index contributed by atoms with van der Waals surface area (Å²) < 4.78 is 0. The first-order valence-electron chi connectivity index (χ1n) is 19.9. The van der Waals surface area contributed by atoms with Gasteiger partial charge >= 0.3 is 5.97 Å². The second-order valence-corrected chi connectivity index (χ2v) is 15.6. The number of phenolic OH excluding ortho intramolecular Hbond substituents is 1. The largest absolute Gasteiger partial charge is 0.508 e. The molecule has 58 heavy (non-hydrogen) atoms. The van der Waals surface area contributed by atoms with Crippen LogP contribution in [0.25, 0.3) is 0 Å². The zero-order valence-electron chi connectivity index (χ0n) is 33.6. The highest BCUT2D eigenvalue weighted by molar-refractivity contribution is 6.38. The molecule has 15 heteroatoms. The maximum atomic E-state index is 14.4. The number of Topliss-reactive ketones (excluding diaryl/α,β-unsaturated/α-hetero) is 3. The fourth-order valence-corrected chi connectivity index (χ4v) is 7.22. The van der Waals surface area contributed by atoms with Crippen LogP contribution < -0.4 is 16.4 Å². The van der Waals surface area contributed by atoms with Crippen LogP contribution in [0.15, 0.2) is 67.1 Å². The fourth-order valence-electron chi connectivity index (χ4n) is 7.22. The number of carboxylic acid groups (broad SMARTS) is 1. The molecular weight excluding hydrogens is 745 g/mol. The molecule has 1 aromatic heterocycles. The molecule has 2 aromatic carbocycles. The fraction of sp³-hybridized carbons (Fsp3) is 0.488. The Bertz CT molecular complexity index is 1880. The Morgan fingerprint density at radius 2 is 1.53 bits per heavy atom. The molecule has 1 aliphatic rings. The van der Waals surface area contributed by atoms with Crippen molar-refractivity contribution in [2.75, 3.05) is 6.54 Å². The number of nitrogens with two attached hydrogens (primary N) is 1. The monoisotopic (exact) mass is 800 g/mol. The SMILES string of the molecule is CCC(C)C(NC(=O)C(CC(=O)C(N)C(C)C)Cc1ccc(O)cc1)C(=O)CC(Cc1cnc[nH]1)C(=O)N1CCCC1C(=O)C(=O)NC(Cc1ccccc1)C(=O)O. The van der Waals surface area contributed by atoms with Crippen LogP contribution in [0.5, 0.6) is 5.75 Å². The number of rotatable bonds is 22. The molecule has 0 radical (unpaired) electrons. The van der Waals surface area contributed by atoms with Crippen molar-refractivity contribution < 1.29 is 43.8 Å². The standard InChI is InChI=1S/C43H56N6O9/c1-5-26(4)38(48-40(54)29(21-35(51)37(44)25(2)3)18-28-13-15-32(50)16-14-28)36(52)22-30(20-31-23-45-24-46-31)42(56)49-17-9-12-34(49)39(53)41(55)47-33(43(57)58)19-27-10-7-6-8-11-27/h6-8,10-11,13-16,23-26,29-30,33-34,37-38,50H,5,9,12,17-22,44H2,1-4H3,(H,45,46)(H,47,55)(H,48,54)(H,57,58).